The van der Waals surface area contributed by atoms with Gasteiger partial charge in [-0.15, -0.1) is 11.3 Å². The second-order valence-electron chi connectivity index (χ2n) is 4.35. The fourth-order valence-corrected chi connectivity index (χ4v) is 3.21. The summed E-state index contributed by atoms with van der Waals surface area (Å²) >= 11 is 5.05. The van der Waals surface area contributed by atoms with Crippen LogP contribution in [0.2, 0.25) is 0 Å². The minimum absolute atomic E-state index is 0.215. The molecule has 0 aliphatic rings. The van der Waals surface area contributed by atoms with Crippen LogP contribution in [0.1, 0.15) is 9.75 Å². The highest BCUT2D eigenvalue weighted by Gasteiger charge is 2.06. The summed E-state index contributed by atoms with van der Waals surface area (Å²) in [6, 6.07) is 9.81. The van der Waals surface area contributed by atoms with E-state index in [2.05, 4.69) is 26.0 Å². The van der Waals surface area contributed by atoms with E-state index in [1.165, 1.54) is 7.11 Å². The predicted molar refractivity (Wildman–Crippen MR) is 88.1 cm³/mol. The highest BCUT2D eigenvalue weighted by atomic mass is 79.9. The normalized spacial score (nSPS) is 10.2. The quantitative estimate of drug-likeness (QED) is 0.785. The molecule has 0 atom stereocenters. The van der Waals surface area contributed by atoms with Gasteiger partial charge in [0.15, 0.2) is 0 Å². The smallest absolute Gasteiger partial charge is 0.310 e. The molecule has 0 saturated carbocycles. The maximum Gasteiger partial charge on any atom is 0.310 e. The van der Waals surface area contributed by atoms with Gasteiger partial charge >= 0.3 is 5.97 Å². The topological polar surface area (TPSA) is 47.6 Å². The summed E-state index contributed by atoms with van der Waals surface area (Å²) in [6.45, 7) is 0.700. The molecule has 0 amide bonds. The summed E-state index contributed by atoms with van der Waals surface area (Å²) in [5.41, 5.74) is 0.976. The van der Waals surface area contributed by atoms with Crippen LogP contribution in [0.4, 0.5) is 5.69 Å². The molecular formula is C15H16BrNO3S. The van der Waals surface area contributed by atoms with Gasteiger partial charge in [0.25, 0.3) is 0 Å². The maximum atomic E-state index is 11.2. The molecule has 6 heteroatoms. The lowest BCUT2D eigenvalue weighted by atomic mass is 10.3. The molecule has 112 valence electrons. The number of anilines is 1. The van der Waals surface area contributed by atoms with Crippen LogP contribution in [0.25, 0.3) is 0 Å². The molecule has 0 bridgehead atoms. The Kier molecular flexibility index (Phi) is 5.64. The summed E-state index contributed by atoms with van der Waals surface area (Å²) in [5, 5.41) is 3.34. The molecule has 0 spiro atoms. The van der Waals surface area contributed by atoms with Gasteiger partial charge in [0.05, 0.1) is 20.6 Å². The standard InChI is InChI=1S/C15H16BrNO3S/c1-19-12-6-10(16)5-11(7-12)17-9-14-4-3-13(21-14)8-15(18)20-2/h3-7,17H,8-9H2,1-2H3. The zero-order valence-corrected chi connectivity index (χ0v) is 14.2. The van der Waals surface area contributed by atoms with Gasteiger partial charge in [-0.3, -0.25) is 4.79 Å². The Balaban J connectivity index is 1.97. The van der Waals surface area contributed by atoms with Crippen molar-refractivity contribution >= 4 is 38.9 Å². The van der Waals surface area contributed by atoms with Crippen LogP contribution in [0, 0.1) is 0 Å². The Morgan fingerprint density at radius 1 is 1.24 bits per heavy atom. The van der Waals surface area contributed by atoms with Crippen LogP contribution in [0.3, 0.4) is 0 Å². The van der Waals surface area contributed by atoms with E-state index < -0.39 is 0 Å². The molecule has 4 nitrogen and oxygen atoms in total. The minimum atomic E-state index is -0.215. The van der Waals surface area contributed by atoms with Gasteiger partial charge in [-0.25, -0.2) is 0 Å². The van der Waals surface area contributed by atoms with Crippen LogP contribution in [-0.4, -0.2) is 20.2 Å². The third kappa shape index (κ3) is 4.75. The number of benzene rings is 1. The Morgan fingerprint density at radius 2 is 2.00 bits per heavy atom. The third-order valence-electron chi connectivity index (χ3n) is 2.84. The van der Waals surface area contributed by atoms with Gasteiger partial charge in [-0.1, -0.05) is 15.9 Å². The van der Waals surface area contributed by atoms with Gasteiger partial charge < -0.3 is 14.8 Å². The lowest BCUT2D eigenvalue weighted by Gasteiger charge is -2.08. The van der Waals surface area contributed by atoms with Crippen molar-refractivity contribution in [1.82, 2.24) is 0 Å². The molecule has 2 rings (SSSR count). The number of nitrogens with one attached hydrogen (secondary N) is 1. The van der Waals surface area contributed by atoms with E-state index >= 15 is 0 Å². The number of thiophene rings is 1. The van der Waals surface area contributed by atoms with E-state index in [-0.39, 0.29) is 5.97 Å². The molecule has 1 aromatic carbocycles. The zero-order chi connectivity index (χ0) is 15.2. The molecule has 21 heavy (non-hydrogen) atoms. The molecule has 0 aliphatic carbocycles. The van der Waals surface area contributed by atoms with Gasteiger partial charge in [0.2, 0.25) is 0 Å². The highest BCUT2D eigenvalue weighted by Crippen LogP contribution is 2.25. The van der Waals surface area contributed by atoms with E-state index in [0.717, 1.165) is 25.7 Å². The molecule has 0 fully saturated rings. The number of rotatable bonds is 6. The SMILES string of the molecule is COC(=O)Cc1ccc(CNc2cc(Br)cc(OC)c2)s1. The Bertz CT molecular complexity index is 627. The fourth-order valence-electron chi connectivity index (χ4n) is 1.80. The van der Waals surface area contributed by atoms with Crippen molar-refractivity contribution in [2.75, 3.05) is 19.5 Å². The van der Waals surface area contributed by atoms with E-state index in [9.17, 15) is 4.79 Å². The van der Waals surface area contributed by atoms with Gasteiger partial charge in [0, 0.05) is 32.5 Å². The number of hydrogen-bond acceptors (Lipinski definition) is 5. The molecule has 0 aliphatic heterocycles. The number of carbonyl (C=O) groups is 1. The Hall–Kier alpha value is -1.53. The monoisotopic (exact) mass is 369 g/mol. The first-order chi connectivity index (χ1) is 10.1. The molecule has 0 radical (unpaired) electrons. The molecule has 2 aromatic rings. The van der Waals surface area contributed by atoms with Crippen molar-refractivity contribution in [3.05, 3.63) is 44.6 Å². The van der Waals surface area contributed by atoms with Crippen molar-refractivity contribution in [3.8, 4) is 5.75 Å². The largest absolute Gasteiger partial charge is 0.497 e. The zero-order valence-electron chi connectivity index (χ0n) is 11.8. The van der Waals surface area contributed by atoms with E-state index in [4.69, 9.17) is 4.74 Å². The lowest BCUT2D eigenvalue weighted by Crippen LogP contribution is -2.02. The van der Waals surface area contributed by atoms with Crippen LogP contribution in [-0.2, 0) is 22.5 Å². The second kappa shape index (κ2) is 7.47. The number of methoxy groups -OCH3 is 2. The van der Waals surface area contributed by atoms with Crippen molar-refractivity contribution in [2.45, 2.75) is 13.0 Å². The summed E-state index contributed by atoms with van der Waals surface area (Å²) in [4.78, 5) is 13.4. The number of hydrogen-bond donors (Lipinski definition) is 1. The first-order valence-corrected chi connectivity index (χ1v) is 7.94. The Labute approximate surface area is 136 Å². The first-order valence-electron chi connectivity index (χ1n) is 6.33. The third-order valence-corrected chi connectivity index (χ3v) is 4.38. The summed E-state index contributed by atoms with van der Waals surface area (Å²) < 4.78 is 10.9. The number of ether oxygens (including phenoxy) is 2. The molecule has 1 aromatic heterocycles. The van der Waals surface area contributed by atoms with E-state index in [1.54, 1.807) is 18.4 Å². The van der Waals surface area contributed by atoms with Crippen LogP contribution in [0.15, 0.2) is 34.8 Å². The van der Waals surface area contributed by atoms with Crippen molar-refractivity contribution in [2.24, 2.45) is 0 Å². The van der Waals surface area contributed by atoms with Gasteiger partial charge in [-0.05, 0) is 24.3 Å². The van der Waals surface area contributed by atoms with Gasteiger partial charge in [0.1, 0.15) is 5.75 Å². The minimum Gasteiger partial charge on any atom is -0.497 e. The maximum absolute atomic E-state index is 11.2. The Morgan fingerprint density at radius 3 is 2.71 bits per heavy atom. The number of halogens is 1. The summed E-state index contributed by atoms with van der Waals surface area (Å²) in [5.74, 6) is 0.581. The fraction of sp³-hybridized carbons (Fsp3) is 0.267. The highest BCUT2D eigenvalue weighted by molar-refractivity contribution is 9.10. The molecule has 0 saturated heterocycles. The van der Waals surface area contributed by atoms with Crippen molar-refractivity contribution in [3.63, 3.8) is 0 Å². The predicted octanol–water partition coefficient (Wildman–Crippen LogP) is 3.85. The lowest BCUT2D eigenvalue weighted by molar-refractivity contribution is -0.139. The van der Waals surface area contributed by atoms with E-state index in [1.807, 2.05) is 30.3 Å². The molecule has 1 heterocycles. The average molecular weight is 370 g/mol. The molecule has 1 N–H and O–H groups in total. The second-order valence-corrected chi connectivity index (χ2v) is 6.52. The van der Waals surface area contributed by atoms with Crippen LogP contribution < -0.4 is 10.1 Å². The summed E-state index contributed by atoms with van der Waals surface area (Å²) in [6.07, 6.45) is 0.325. The number of esters is 1. The molecular weight excluding hydrogens is 354 g/mol. The molecule has 0 unspecified atom stereocenters. The number of carbonyl (C=O) groups excluding carboxylic acids is 1. The van der Waals surface area contributed by atoms with Crippen molar-refractivity contribution in [1.29, 1.82) is 0 Å². The summed E-state index contributed by atoms with van der Waals surface area (Å²) in [7, 11) is 3.04. The van der Waals surface area contributed by atoms with Crippen LogP contribution in [0.5, 0.6) is 5.75 Å². The average Bonchev–Trinajstić information content (AvgIpc) is 2.92. The van der Waals surface area contributed by atoms with Crippen LogP contribution >= 0.6 is 27.3 Å². The van der Waals surface area contributed by atoms with E-state index in [0.29, 0.717) is 13.0 Å². The van der Waals surface area contributed by atoms with Gasteiger partial charge in [-0.2, -0.15) is 0 Å². The first kappa shape index (κ1) is 15.9. The van der Waals surface area contributed by atoms with Crippen molar-refractivity contribution < 1.29 is 14.3 Å².